The normalized spacial score (nSPS) is 18.1. The second kappa shape index (κ2) is 5.99. The molecule has 1 aliphatic carbocycles. The minimum atomic E-state index is -0.679. The molecule has 1 saturated carbocycles. The summed E-state index contributed by atoms with van der Waals surface area (Å²) < 4.78 is 0. The van der Waals surface area contributed by atoms with Crippen molar-refractivity contribution in [3.05, 3.63) is 35.4 Å². The quantitative estimate of drug-likeness (QED) is 0.861. The lowest BCUT2D eigenvalue weighted by Crippen LogP contribution is -2.15. The van der Waals surface area contributed by atoms with Crippen molar-refractivity contribution in [2.75, 3.05) is 0 Å². The highest BCUT2D eigenvalue weighted by Gasteiger charge is 2.28. The van der Waals surface area contributed by atoms with Crippen LogP contribution in [0.1, 0.15) is 69.9 Å². The maximum absolute atomic E-state index is 11.2. The molecule has 1 aromatic rings. The number of benzene rings is 1. The van der Waals surface area contributed by atoms with Gasteiger partial charge < -0.3 is 5.11 Å². The summed E-state index contributed by atoms with van der Waals surface area (Å²) in [4.78, 5) is 11.2. The summed E-state index contributed by atoms with van der Waals surface area (Å²) in [7, 11) is 0. The van der Waals surface area contributed by atoms with Gasteiger partial charge in [0.15, 0.2) is 0 Å². The van der Waals surface area contributed by atoms with Crippen molar-refractivity contribution in [3.63, 3.8) is 0 Å². The molecular formula is C18H26O2. The van der Waals surface area contributed by atoms with Crippen LogP contribution in [0.5, 0.6) is 0 Å². The number of carbonyl (C=O) groups is 1. The van der Waals surface area contributed by atoms with E-state index in [-0.39, 0.29) is 17.8 Å². The van der Waals surface area contributed by atoms with Crippen LogP contribution >= 0.6 is 0 Å². The lowest BCUT2D eigenvalue weighted by molar-refractivity contribution is -0.137. The lowest BCUT2D eigenvalue weighted by atomic mass is 9.80. The first-order valence-corrected chi connectivity index (χ1v) is 7.70. The molecular weight excluding hydrogens is 248 g/mol. The molecule has 0 heterocycles. The molecule has 0 amide bonds. The van der Waals surface area contributed by atoms with E-state index in [0.29, 0.717) is 5.92 Å². The molecule has 0 aliphatic heterocycles. The maximum atomic E-state index is 11.2. The van der Waals surface area contributed by atoms with E-state index in [0.717, 1.165) is 0 Å². The minimum absolute atomic E-state index is 0.147. The molecule has 1 aromatic carbocycles. The van der Waals surface area contributed by atoms with Crippen LogP contribution in [0.3, 0.4) is 0 Å². The zero-order valence-electron chi connectivity index (χ0n) is 12.9. The molecule has 1 N–H and O–H groups in total. The van der Waals surface area contributed by atoms with E-state index in [2.05, 4.69) is 45.0 Å². The van der Waals surface area contributed by atoms with Gasteiger partial charge in [-0.05, 0) is 41.2 Å². The fourth-order valence-electron chi connectivity index (χ4n) is 3.33. The SMILES string of the molecule is CC(C)(C)c1ccc(C(CC(=O)O)C2CCCC2)cc1. The van der Waals surface area contributed by atoms with Gasteiger partial charge in [-0.25, -0.2) is 0 Å². The topological polar surface area (TPSA) is 37.3 Å². The zero-order chi connectivity index (χ0) is 14.8. The van der Waals surface area contributed by atoms with Crippen LogP contribution in [-0.4, -0.2) is 11.1 Å². The number of carboxylic acid groups (broad SMARTS) is 1. The van der Waals surface area contributed by atoms with Crippen molar-refractivity contribution >= 4 is 5.97 Å². The summed E-state index contributed by atoms with van der Waals surface area (Å²) >= 11 is 0. The molecule has 1 fully saturated rings. The molecule has 0 spiro atoms. The maximum Gasteiger partial charge on any atom is 0.303 e. The van der Waals surface area contributed by atoms with Crippen LogP contribution in [0, 0.1) is 5.92 Å². The Balaban J connectivity index is 2.22. The van der Waals surface area contributed by atoms with E-state index in [1.807, 2.05) is 0 Å². The summed E-state index contributed by atoms with van der Waals surface area (Å²) in [6.45, 7) is 6.61. The molecule has 110 valence electrons. The van der Waals surface area contributed by atoms with E-state index < -0.39 is 5.97 Å². The Morgan fingerprint density at radius 2 is 1.75 bits per heavy atom. The van der Waals surface area contributed by atoms with E-state index in [1.54, 1.807) is 0 Å². The van der Waals surface area contributed by atoms with Crippen molar-refractivity contribution in [1.29, 1.82) is 0 Å². The van der Waals surface area contributed by atoms with Crippen LogP contribution in [0.15, 0.2) is 24.3 Å². The number of hydrogen-bond donors (Lipinski definition) is 1. The molecule has 1 aliphatic rings. The van der Waals surface area contributed by atoms with Gasteiger partial charge in [-0.1, -0.05) is 57.9 Å². The molecule has 2 nitrogen and oxygen atoms in total. The average Bonchev–Trinajstić information content (AvgIpc) is 2.88. The van der Waals surface area contributed by atoms with Gasteiger partial charge in [0.05, 0.1) is 6.42 Å². The molecule has 2 heteroatoms. The van der Waals surface area contributed by atoms with Crippen molar-refractivity contribution < 1.29 is 9.90 Å². The van der Waals surface area contributed by atoms with Gasteiger partial charge in [-0.15, -0.1) is 0 Å². The summed E-state index contributed by atoms with van der Waals surface area (Å²) in [6, 6.07) is 8.62. The Morgan fingerprint density at radius 1 is 1.20 bits per heavy atom. The Morgan fingerprint density at radius 3 is 2.20 bits per heavy atom. The number of hydrogen-bond acceptors (Lipinski definition) is 1. The fourth-order valence-corrected chi connectivity index (χ4v) is 3.33. The van der Waals surface area contributed by atoms with Gasteiger partial charge in [-0.2, -0.15) is 0 Å². The van der Waals surface area contributed by atoms with Crippen LogP contribution in [0.4, 0.5) is 0 Å². The molecule has 1 atom stereocenters. The van der Waals surface area contributed by atoms with E-state index in [1.165, 1.54) is 36.8 Å². The van der Waals surface area contributed by atoms with E-state index >= 15 is 0 Å². The standard InChI is InChI=1S/C18H26O2/c1-18(2,3)15-10-8-14(9-11-15)16(12-17(19)20)13-6-4-5-7-13/h8-11,13,16H,4-7,12H2,1-3H3,(H,19,20). The summed E-state index contributed by atoms with van der Waals surface area (Å²) in [5.74, 6) is 0.0532. The van der Waals surface area contributed by atoms with E-state index in [9.17, 15) is 9.90 Å². The Hall–Kier alpha value is -1.31. The first-order chi connectivity index (χ1) is 9.38. The summed E-state index contributed by atoms with van der Waals surface area (Å²) in [5, 5.41) is 9.19. The Bertz CT molecular complexity index is 447. The number of carboxylic acids is 1. The lowest BCUT2D eigenvalue weighted by Gasteiger charge is -2.24. The molecule has 1 unspecified atom stereocenters. The van der Waals surface area contributed by atoms with Gasteiger partial charge in [0.1, 0.15) is 0 Å². The average molecular weight is 274 g/mol. The molecule has 20 heavy (non-hydrogen) atoms. The molecule has 0 radical (unpaired) electrons. The highest BCUT2D eigenvalue weighted by atomic mass is 16.4. The Kier molecular flexibility index (Phi) is 4.52. The first kappa shape index (κ1) is 15.1. The van der Waals surface area contributed by atoms with Crippen molar-refractivity contribution in [1.82, 2.24) is 0 Å². The molecule has 0 aromatic heterocycles. The predicted octanol–water partition coefficient (Wildman–Crippen LogP) is 4.73. The van der Waals surface area contributed by atoms with Gasteiger partial charge in [0.25, 0.3) is 0 Å². The monoisotopic (exact) mass is 274 g/mol. The van der Waals surface area contributed by atoms with Crippen LogP contribution in [0.2, 0.25) is 0 Å². The van der Waals surface area contributed by atoms with Crippen molar-refractivity contribution in [3.8, 4) is 0 Å². The van der Waals surface area contributed by atoms with Crippen LogP contribution in [0.25, 0.3) is 0 Å². The second-order valence-corrected chi connectivity index (χ2v) is 7.12. The largest absolute Gasteiger partial charge is 0.481 e. The third-order valence-electron chi connectivity index (χ3n) is 4.57. The highest BCUT2D eigenvalue weighted by Crippen LogP contribution is 2.39. The van der Waals surface area contributed by atoms with Gasteiger partial charge in [-0.3, -0.25) is 4.79 Å². The van der Waals surface area contributed by atoms with Gasteiger partial charge in [0, 0.05) is 0 Å². The Labute approximate surface area is 122 Å². The third kappa shape index (κ3) is 3.62. The van der Waals surface area contributed by atoms with Gasteiger partial charge in [0.2, 0.25) is 0 Å². The number of rotatable bonds is 4. The predicted molar refractivity (Wildman–Crippen MR) is 82.1 cm³/mol. The smallest absolute Gasteiger partial charge is 0.303 e. The third-order valence-corrected chi connectivity index (χ3v) is 4.57. The van der Waals surface area contributed by atoms with Gasteiger partial charge >= 0.3 is 5.97 Å². The minimum Gasteiger partial charge on any atom is -0.481 e. The summed E-state index contributed by atoms with van der Waals surface area (Å²) in [5.41, 5.74) is 2.66. The van der Waals surface area contributed by atoms with Crippen LogP contribution < -0.4 is 0 Å². The van der Waals surface area contributed by atoms with Crippen LogP contribution in [-0.2, 0) is 10.2 Å². The first-order valence-electron chi connectivity index (χ1n) is 7.70. The fraction of sp³-hybridized carbons (Fsp3) is 0.611. The summed E-state index contributed by atoms with van der Waals surface area (Å²) in [6.07, 6.45) is 5.12. The zero-order valence-corrected chi connectivity index (χ0v) is 12.9. The molecule has 0 bridgehead atoms. The van der Waals surface area contributed by atoms with E-state index in [4.69, 9.17) is 0 Å². The second-order valence-electron chi connectivity index (χ2n) is 7.12. The van der Waals surface area contributed by atoms with Crippen molar-refractivity contribution in [2.24, 2.45) is 5.92 Å². The van der Waals surface area contributed by atoms with Crippen molar-refractivity contribution in [2.45, 2.75) is 64.2 Å². The molecule has 2 rings (SSSR count). The highest BCUT2D eigenvalue weighted by molar-refractivity contribution is 5.68. The molecule has 0 saturated heterocycles. The number of aliphatic carboxylic acids is 1.